The van der Waals surface area contributed by atoms with Gasteiger partial charge in [0.2, 0.25) is 0 Å². The van der Waals surface area contributed by atoms with Gasteiger partial charge in [-0.15, -0.1) is 0 Å². The lowest BCUT2D eigenvalue weighted by atomic mass is 9.67. The summed E-state index contributed by atoms with van der Waals surface area (Å²) in [5, 5.41) is 0. The lowest BCUT2D eigenvalue weighted by Gasteiger charge is -2.37. The average Bonchev–Trinajstić information content (AvgIpc) is 2.83. The second-order valence-corrected chi connectivity index (χ2v) is 5.63. The maximum atomic E-state index is 11.8. The van der Waals surface area contributed by atoms with Gasteiger partial charge < -0.3 is 14.2 Å². The standard InChI is InChI=1S/C16H20O4/c1-18-12-7-6-11(9-13(12)19-2)16-8-4-3-5-14(16)20-15(17)10-16/h6-7,9,14H,3-5,8,10H2,1-2H3/t14-,16-/m0/s1. The number of carbonyl (C=O) groups excluding carboxylic acids is 1. The van der Waals surface area contributed by atoms with E-state index in [9.17, 15) is 4.79 Å². The Bertz CT molecular complexity index is 525. The molecule has 108 valence electrons. The molecule has 2 atom stereocenters. The van der Waals surface area contributed by atoms with Crippen LogP contribution < -0.4 is 9.47 Å². The third-order valence-electron chi connectivity index (χ3n) is 4.65. The van der Waals surface area contributed by atoms with E-state index in [4.69, 9.17) is 14.2 Å². The predicted octanol–water partition coefficient (Wildman–Crippen LogP) is 2.83. The highest BCUT2D eigenvalue weighted by atomic mass is 16.6. The molecule has 0 unspecified atom stereocenters. The molecule has 4 nitrogen and oxygen atoms in total. The first-order chi connectivity index (χ1) is 9.69. The van der Waals surface area contributed by atoms with Crippen LogP contribution in [0.25, 0.3) is 0 Å². The van der Waals surface area contributed by atoms with Crippen molar-refractivity contribution in [3.8, 4) is 11.5 Å². The maximum absolute atomic E-state index is 11.8. The van der Waals surface area contributed by atoms with Gasteiger partial charge in [-0.2, -0.15) is 0 Å². The first-order valence-corrected chi connectivity index (χ1v) is 7.11. The second-order valence-electron chi connectivity index (χ2n) is 5.63. The molecule has 0 aromatic heterocycles. The average molecular weight is 276 g/mol. The van der Waals surface area contributed by atoms with Crippen LogP contribution in [0.3, 0.4) is 0 Å². The molecule has 3 rings (SSSR count). The summed E-state index contributed by atoms with van der Waals surface area (Å²) in [6.07, 6.45) is 4.72. The van der Waals surface area contributed by atoms with E-state index in [1.54, 1.807) is 14.2 Å². The fourth-order valence-corrected chi connectivity index (χ4v) is 3.62. The summed E-state index contributed by atoms with van der Waals surface area (Å²) in [6.45, 7) is 0. The number of benzene rings is 1. The van der Waals surface area contributed by atoms with Gasteiger partial charge in [-0.3, -0.25) is 4.79 Å². The third-order valence-corrected chi connectivity index (χ3v) is 4.65. The largest absolute Gasteiger partial charge is 0.493 e. The molecule has 0 spiro atoms. The summed E-state index contributed by atoms with van der Waals surface area (Å²) in [5.74, 6) is 1.35. The van der Waals surface area contributed by atoms with Gasteiger partial charge in [0.1, 0.15) is 6.10 Å². The summed E-state index contributed by atoms with van der Waals surface area (Å²) in [5.41, 5.74) is 0.959. The number of ether oxygens (including phenoxy) is 3. The molecule has 0 bridgehead atoms. The number of methoxy groups -OCH3 is 2. The van der Waals surface area contributed by atoms with Gasteiger partial charge in [0.05, 0.1) is 20.6 Å². The molecule has 1 aromatic rings. The van der Waals surface area contributed by atoms with Crippen LogP contribution >= 0.6 is 0 Å². The molecule has 1 saturated heterocycles. The van der Waals surface area contributed by atoms with Crippen molar-refractivity contribution >= 4 is 5.97 Å². The highest BCUT2D eigenvalue weighted by Crippen LogP contribution is 2.49. The third kappa shape index (κ3) is 1.94. The monoisotopic (exact) mass is 276 g/mol. The lowest BCUT2D eigenvalue weighted by molar-refractivity contribution is -0.142. The number of rotatable bonds is 3. The van der Waals surface area contributed by atoms with E-state index in [-0.39, 0.29) is 17.5 Å². The zero-order chi connectivity index (χ0) is 14.2. The van der Waals surface area contributed by atoms with Gasteiger partial charge in [0.25, 0.3) is 0 Å². The summed E-state index contributed by atoms with van der Waals surface area (Å²) in [7, 11) is 3.26. The van der Waals surface area contributed by atoms with Crippen molar-refractivity contribution in [2.75, 3.05) is 14.2 Å². The van der Waals surface area contributed by atoms with E-state index in [0.29, 0.717) is 17.9 Å². The van der Waals surface area contributed by atoms with Crippen LogP contribution in [0.4, 0.5) is 0 Å². The first kappa shape index (κ1) is 13.3. The Kier molecular flexibility index (Phi) is 3.32. The van der Waals surface area contributed by atoms with Gasteiger partial charge >= 0.3 is 5.97 Å². The van der Waals surface area contributed by atoms with Crippen LogP contribution in [0.1, 0.15) is 37.7 Å². The Morgan fingerprint density at radius 3 is 2.75 bits per heavy atom. The van der Waals surface area contributed by atoms with Gasteiger partial charge in [-0.25, -0.2) is 0 Å². The Morgan fingerprint density at radius 2 is 2.00 bits per heavy atom. The fraction of sp³-hybridized carbons (Fsp3) is 0.562. The molecule has 1 aromatic carbocycles. The number of hydrogen-bond acceptors (Lipinski definition) is 4. The molecular formula is C16H20O4. The van der Waals surface area contributed by atoms with E-state index < -0.39 is 0 Å². The molecule has 0 amide bonds. The predicted molar refractivity (Wildman–Crippen MR) is 74.2 cm³/mol. The zero-order valence-corrected chi connectivity index (χ0v) is 12.0. The smallest absolute Gasteiger partial charge is 0.307 e. The summed E-state index contributed by atoms with van der Waals surface area (Å²) < 4.78 is 16.2. The van der Waals surface area contributed by atoms with Gasteiger partial charge in [-0.1, -0.05) is 12.5 Å². The van der Waals surface area contributed by atoms with E-state index in [1.807, 2.05) is 18.2 Å². The van der Waals surface area contributed by atoms with Crippen molar-refractivity contribution in [3.63, 3.8) is 0 Å². The summed E-state index contributed by atoms with van der Waals surface area (Å²) in [4.78, 5) is 11.8. The molecule has 2 aliphatic rings. The summed E-state index contributed by atoms with van der Waals surface area (Å²) in [6, 6.07) is 5.96. The second kappa shape index (κ2) is 5.00. The molecule has 20 heavy (non-hydrogen) atoms. The number of esters is 1. The molecule has 4 heteroatoms. The van der Waals surface area contributed by atoms with Gasteiger partial charge in [-0.05, 0) is 37.0 Å². The minimum Gasteiger partial charge on any atom is -0.493 e. The Morgan fingerprint density at radius 1 is 1.20 bits per heavy atom. The van der Waals surface area contributed by atoms with Crippen molar-refractivity contribution in [2.24, 2.45) is 0 Å². The maximum Gasteiger partial charge on any atom is 0.307 e. The molecule has 2 fully saturated rings. The zero-order valence-electron chi connectivity index (χ0n) is 12.0. The SMILES string of the molecule is COc1ccc([C@@]23CCCC[C@@H]2OC(=O)C3)cc1OC. The van der Waals surface area contributed by atoms with E-state index >= 15 is 0 Å². The first-order valence-electron chi connectivity index (χ1n) is 7.11. The van der Waals surface area contributed by atoms with Crippen molar-refractivity contribution in [2.45, 2.75) is 43.6 Å². The van der Waals surface area contributed by atoms with E-state index in [2.05, 4.69) is 0 Å². The van der Waals surface area contributed by atoms with Crippen molar-refractivity contribution in [1.29, 1.82) is 0 Å². The lowest BCUT2D eigenvalue weighted by Crippen LogP contribution is -2.38. The fourth-order valence-electron chi connectivity index (χ4n) is 3.62. The molecular weight excluding hydrogens is 256 g/mol. The summed E-state index contributed by atoms with van der Waals surface area (Å²) >= 11 is 0. The Labute approximate surface area is 119 Å². The van der Waals surface area contributed by atoms with E-state index in [1.165, 1.54) is 0 Å². The molecule has 1 heterocycles. The minimum absolute atomic E-state index is 0.0156. The normalized spacial score (nSPS) is 28.7. The Balaban J connectivity index is 2.03. The molecule has 0 radical (unpaired) electrons. The van der Waals surface area contributed by atoms with Crippen LogP contribution in [0, 0.1) is 0 Å². The van der Waals surface area contributed by atoms with Crippen LogP contribution in [0.15, 0.2) is 18.2 Å². The van der Waals surface area contributed by atoms with Crippen molar-refractivity contribution < 1.29 is 19.0 Å². The number of hydrogen-bond donors (Lipinski definition) is 0. The van der Waals surface area contributed by atoms with Crippen LogP contribution in [-0.4, -0.2) is 26.3 Å². The highest BCUT2D eigenvalue weighted by molar-refractivity contribution is 5.75. The van der Waals surface area contributed by atoms with E-state index in [0.717, 1.165) is 31.2 Å². The number of fused-ring (bicyclic) bond motifs is 1. The van der Waals surface area contributed by atoms with Crippen LogP contribution in [0.2, 0.25) is 0 Å². The minimum atomic E-state index is -0.172. The molecule has 0 N–H and O–H groups in total. The molecule has 1 aliphatic carbocycles. The van der Waals surface area contributed by atoms with Gasteiger partial charge in [0, 0.05) is 5.41 Å². The van der Waals surface area contributed by atoms with Crippen LogP contribution in [-0.2, 0) is 14.9 Å². The van der Waals surface area contributed by atoms with Crippen molar-refractivity contribution in [3.05, 3.63) is 23.8 Å². The van der Waals surface area contributed by atoms with Crippen molar-refractivity contribution in [1.82, 2.24) is 0 Å². The highest BCUT2D eigenvalue weighted by Gasteiger charge is 2.51. The van der Waals surface area contributed by atoms with Gasteiger partial charge in [0.15, 0.2) is 11.5 Å². The molecule has 1 aliphatic heterocycles. The number of carbonyl (C=O) groups is 1. The molecule has 1 saturated carbocycles. The van der Waals surface area contributed by atoms with Crippen LogP contribution in [0.5, 0.6) is 11.5 Å². The quantitative estimate of drug-likeness (QED) is 0.796. The topological polar surface area (TPSA) is 44.8 Å². The Hall–Kier alpha value is -1.71.